The van der Waals surface area contributed by atoms with Gasteiger partial charge in [0.1, 0.15) is 0 Å². The summed E-state index contributed by atoms with van der Waals surface area (Å²) in [4.78, 5) is 14.1. The number of amides is 1. The van der Waals surface area contributed by atoms with E-state index in [0.717, 1.165) is 25.7 Å². The van der Waals surface area contributed by atoms with Gasteiger partial charge in [0.2, 0.25) is 5.91 Å². The van der Waals surface area contributed by atoms with Gasteiger partial charge in [-0.1, -0.05) is 12.8 Å². The monoisotopic (exact) mass is 228 g/mol. The zero-order valence-corrected chi connectivity index (χ0v) is 10.6. The van der Waals surface area contributed by atoms with Crippen LogP contribution in [0.3, 0.4) is 0 Å². The predicted octanol–water partition coefficient (Wildman–Crippen LogP) is 0.735. The molecule has 1 fully saturated rings. The van der Waals surface area contributed by atoms with Crippen LogP contribution in [0.5, 0.6) is 0 Å². The first kappa shape index (κ1) is 13.5. The molecule has 1 rings (SSSR count). The molecule has 0 heterocycles. The number of carbonyl (C=O) groups is 1. The summed E-state index contributed by atoms with van der Waals surface area (Å²) in [6.07, 6.45) is 3.93. The van der Waals surface area contributed by atoms with Crippen molar-refractivity contribution in [1.82, 2.24) is 4.90 Å². The number of aliphatic hydroxyl groups excluding tert-OH is 1. The normalized spacial score (nSPS) is 19.8. The van der Waals surface area contributed by atoms with Crippen molar-refractivity contribution in [2.45, 2.75) is 45.1 Å². The highest BCUT2D eigenvalue weighted by Crippen LogP contribution is 2.39. The molecule has 0 bridgehead atoms. The molecule has 0 saturated heterocycles. The number of hydrogen-bond acceptors (Lipinski definition) is 3. The van der Waals surface area contributed by atoms with Gasteiger partial charge in [0.25, 0.3) is 0 Å². The smallest absolute Gasteiger partial charge is 0.230 e. The Hall–Kier alpha value is -0.610. The lowest BCUT2D eigenvalue weighted by molar-refractivity contribution is -0.146. The molecule has 0 unspecified atom stereocenters. The van der Waals surface area contributed by atoms with Gasteiger partial charge in [-0.2, -0.15) is 0 Å². The van der Waals surface area contributed by atoms with E-state index in [0.29, 0.717) is 6.54 Å². The first-order chi connectivity index (χ1) is 7.39. The molecule has 1 saturated carbocycles. The van der Waals surface area contributed by atoms with Crippen LogP contribution in [-0.2, 0) is 4.79 Å². The van der Waals surface area contributed by atoms with Crippen LogP contribution >= 0.6 is 0 Å². The molecule has 0 aromatic rings. The van der Waals surface area contributed by atoms with Crippen LogP contribution in [0.4, 0.5) is 0 Å². The summed E-state index contributed by atoms with van der Waals surface area (Å²) in [5, 5.41) is 9.29. The Bertz CT molecular complexity index is 258. The fourth-order valence-electron chi connectivity index (χ4n) is 2.29. The van der Waals surface area contributed by atoms with E-state index in [1.807, 2.05) is 13.8 Å². The van der Waals surface area contributed by atoms with Crippen LogP contribution in [0.25, 0.3) is 0 Å². The zero-order valence-electron chi connectivity index (χ0n) is 10.6. The maximum absolute atomic E-state index is 12.4. The second-order valence-electron chi connectivity index (χ2n) is 5.53. The Labute approximate surface area is 97.8 Å². The van der Waals surface area contributed by atoms with Gasteiger partial charge in [-0.05, 0) is 26.7 Å². The van der Waals surface area contributed by atoms with E-state index in [4.69, 9.17) is 5.73 Å². The molecule has 4 heteroatoms. The lowest BCUT2D eigenvalue weighted by Gasteiger charge is -2.40. The summed E-state index contributed by atoms with van der Waals surface area (Å²) in [5.74, 6) is 0.0894. The molecule has 0 aromatic heterocycles. The lowest BCUT2D eigenvalue weighted by atomic mass is 9.83. The maximum Gasteiger partial charge on any atom is 0.230 e. The molecule has 3 N–H and O–H groups in total. The second-order valence-corrected chi connectivity index (χ2v) is 5.53. The van der Waals surface area contributed by atoms with Crippen LogP contribution in [-0.4, -0.2) is 41.7 Å². The summed E-state index contributed by atoms with van der Waals surface area (Å²) in [5.41, 5.74) is 4.90. The molecule has 0 aromatic carbocycles. The summed E-state index contributed by atoms with van der Waals surface area (Å²) in [7, 11) is 1.76. The van der Waals surface area contributed by atoms with Gasteiger partial charge < -0.3 is 15.7 Å². The van der Waals surface area contributed by atoms with Crippen molar-refractivity contribution in [1.29, 1.82) is 0 Å². The SMILES string of the molecule is CN(C(=O)C1(CN)CCCC1)C(C)(C)CO. The molecule has 1 amide bonds. The minimum absolute atomic E-state index is 0.0319. The van der Waals surface area contributed by atoms with Crippen LogP contribution < -0.4 is 5.73 Å². The second kappa shape index (κ2) is 4.72. The van der Waals surface area contributed by atoms with Crippen molar-refractivity contribution < 1.29 is 9.90 Å². The summed E-state index contributed by atoms with van der Waals surface area (Å²) in [6.45, 7) is 4.11. The minimum Gasteiger partial charge on any atom is -0.394 e. The average Bonchev–Trinajstić information content (AvgIpc) is 2.76. The standard InChI is InChI=1S/C12H24N2O2/c1-11(2,9-15)14(3)10(16)12(8-13)6-4-5-7-12/h15H,4-9,13H2,1-3H3. The summed E-state index contributed by atoms with van der Waals surface area (Å²) in [6, 6.07) is 0. The van der Waals surface area contributed by atoms with Crippen molar-refractivity contribution in [2.24, 2.45) is 11.1 Å². The molecule has 1 aliphatic rings. The number of hydrogen-bond donors (Lipinski definition) is 2. The molecular weight excluding hydrogens is 204 g/mol. The quantitative estimate of drug-likeness (QED) is 0.745. The first-order valence-corrected chi connectivity index (χ1v) is 5.99. The summed E-state index contributed by atoms with van der Waals surface area (Å²) < 4.78 is 0. The van der Waals surface area contributed by atoms with Crippen molar-refractivity contribution in [3.63, 3.8) is 0 Å². The maximum atomic E-state index is 12.4. The minimum atomic E-state index is -0.512. The average molecular weight is 228 g/mol. The largest absolute Gasteiger partial charge is 0.394 e. The van der Waals surface area contributed by atoms with E-state index in [-0.39, 0.29) is 17.9 Å². The van der Waals surface area contributed by atoms with Crippen molar-refractivity contribution in [3.8, 4) is 0 Å². The molecule has 0 atom stereocenters. The van der Waals surface area contributed by atoms with Crippen molar-refractivity contribution >= 4 is 5.91 Å². The van der Waals surface area contributed by atoms with Crippen molar-refractivity contribution in [3.05, 3.63) is 0 Å². The number of likely N-dealkylation sites (N-methyl/N-ethyl adjacent to an activating group) is 1. The zero-order chi connectivity index (χ0) is 12.4. The number of carbonyl (C=O) groups excluding carboxylic acids is 1. The fourth-order valence-corrected chi connectivity index (χ4v) is 2.29. The number of nitrogens with zero attached hydrogens (tertiary/aromatic N) is 1. The Morgan fingerprint density at radius 1 is 1.44 bits per heavy atom. The third kappa shape index (κ3) is 2.23. The highest BCUT2D eigenvalue weighted by atomic mass is 16.3. The number of rotatable bonds is 4. The fraction of sp³-hybridized carbons (Fsp3) is 0.917. The van der Waals surface area contributed by atoms with Gasteiger partial charge in [-0.25, -0.2) is 0 Å². The van der Waals surface area contributed by atoms with Crippen LogP contribution in [0.1, 0.15) is 39.5 Å². The van der Waals surface area contributed by atoms with Gasteiger partial charge in [-0.3, -0.25) is 4.79 Å². The van der Waals surface area contributed by atoms with Gasteiger partial charge in [0.15, 0.2) is 0 Å². The van der Waals surface area contributed by atoms with Gasteiger partial charge in [0, 0.05) is 13.6 Å². The topological polar surface area (TPSA) is 66.6 Å². The van der Waals surface area contributed by atoms with E-state index >= 15 is 0 Å². The van der Waals surface area contributed by atoms with E-state index in [2.05, 4.69) is 0 Å². The molecule has 1 aliphatic carbocycles. The van der Waals surface area contributed by atoms with Gasteiger partial charge >= 0.3 is 0 Å². The Kier molecular flexibility index (Phi) is 3.97. The highest BCUT2D eigenvalue weighted by Gasteiger charge is 2.44. The molecule has 0 spiro atoms. The highest BCUT2D eigenvalue weighted by molar-refractivity contribution is 5.83. The molecule has 0 radical (unpaired) electrons. The van der Waals surface area contributed by atoms with Crippen molar-refractivity contribution in [2.75, 3.05) is 20.2 Å². The van der Waals surface area contributed by atoms with E-state index in [1.165, 1.54) is 0 Å². The summed E-state index contributed by atoms with van der Waals surface area (Å²) >= 11 is 0. The van der Waals surface area contributed by atoms with Gasteiger partial charge in [0.05, 0.1) is 17.6 Å². The molecule has 4 nitrogen and oxygen atoms in total. The van der Waals surface area contributed by atoms with Crippen LogP contribution in [0.2, 0.25) is 0 Å². The van der Waals surface area contributed by atoms with E-state index < -0.39 is 5.54 Å². The predicted molar refractivity (Wildman–Crippen MR) is 63.9 cm³/mol. The Balaban J connectivity index is 2.84. The molecule has 94 valence electrons. The third-order valence-corrected chi connectivity index (χ3v) is 4.00. The Morgan fingerprint density at radius 3 is 2.31 bits per heavy atom. The molecule has 16 heavy (non-hydrogen) atoms. The van der Waals surface area contributed by atoms with Crippen LogP contribution in [0.15, 0.2) is 0 Å². The van der Waals surface area contributed by atoms with Crippen LogP contribution in [0, 0.1) is 5.41 Å². The molecular formula is C12H24N2O2. The first-order valence-electron chi connectivity index (χ1n) is 5.99. The third-order valence-electron chi connectivity index (χ3n) is 4.00. The molecule has 0 aliphatic heterocycles. The number of nitrogens with two attached hydrogens (primary N) is 1. The lowest BCUT2D eigenvalue weighted by Crippen LogP contribution is -2.54. The number of aliphatic hydroxyl groups is 1. The van der Waals surface area contributed by atoms with Gasteiger partial charge in [-0.15, -0.1) is 0 Å². The van der Waals surface area contributed by atoms with E-state index in [9.17, 15) is 9.90 Å². The van der Waals surface area contributed by atoms with E-state index in [1.54, 1.807) is 11.9 Å². The Morgan fingerprint density at radius 2 is 1.94 bits per heavy atom.